The second kappa shape index (κ2) is 20.4. The molecule has 0 spiro atoms. The second-order valence-corrected chi connectivity index (χ2v) is 16.2. The molecule has 2 heterocycles. The molecule has 304 valence electrons. The first-order chi connectivity index (χ1) is 27.0. The van der Waals surface area contributed by atoms with Crippen LogP contribution in [-0.2, 0) is 38.5 Å². The van der Waals surface area contributed by atoms with Gasteiger partial charge in [0.2, 0.25) is 11.8 Å². The quantitative estimate of drug-likeness (QED) is 0.0945. The summed E-state index contributed by atoms with van der Waals surface area (Å²) in [6.07, 6.45) is 2.83. The number of methoxy groups -OCH3 is 1. The lowest BCUT2D eigenvalue weighted by Crippen LogP contribution is -2.59. The number of benzene rings is 2. The smallest absolute Gasteiger partial charge is 0.408 e. The molecule has 57 heavy (non-hydrogen) atoms. The molecule has 0 saturated carbocycles. The van der Waals surface area contributed by atoms with Crippen molar-refractivity contribution in [2.24, 2.45) is 10.8 Å². The first-order valence-electron chi connectivity index (χ1n) is 19.0. The van der Waals surface area contributed by atoms with Crippen LogP contribution in [0.25, 0.3) is 11.3 Å². The van der Waals surface area contributed by atoms with Crippen LogP contribution in [0.15, 0.2) is 104 Å². The van der Waals surface area contributed by atoms with E-state index in [0.29, 0.717) is 12.0 Å². The van der Waals surface area contributed by atoms with Gasteiger partial charge < -0.3 is 35.8 Å². The first kappa shape index (κ1) is 43.9. The molecule has 0 radical (unpaired) electrons. The average Bonchev–Trinajstić information content (AvgIpc) is 3.18. The summed E-state index contributed by atoms with van der Waals surface area (Å²) in [5.41, 5.74) is 2.73. The minimum atomic E-state index is -1.17. The molecular formula is C44H56N6O7. The van der Waals surface area contributed by atoms with E-state index in [1.165, 1.54) is 7.11 Å². The lowest BCUT2D eigenvalue weighted by atomic mass is 9.85. The van der Waals surface area contributed by atoms with Gasteiger partial charge in [-0.2, -0.15) is 0 Å². The molecule has 0 aliphatic carbocycles. The lowest BCUT2D eigenvalue weighted by molar-refractivity contribution is -0.128. The average molecular weight is 781 g/mol. The second-order valence-electron chi connectivity index (χ2n) is 16.2. The molecule has 0 aliphatic heterocycles. The highest BCUT2D eigenvalue weighted by atomic mass is 16.5. The molecule has 4 amide bonds. The van der Waals surface area contributed by atoms with Gasteiger partial charge >= 0.3 is 12.2 Å². The number of aliphatic hydroxyl groups excluding tert-OH is 1. The van der Waals surface area contributed by atoms with Crippen molar-refractivity contribution in [2.45, 2.75) is 97.7 Å². The Bertz CT molecular complexity index is 1880. The van der Waals surface area contributed by atoms with E-state index in [1.54, 1.807) is 30.7 Å². The number of hydrogen-bond donors (Lipinski definition) is 5. The van der Waals surface area contributed by atoms with E-state index in [2.05, 4.69) is 31.2 Å². The number of carbonyl (C=O) groups is 4. The topological polar surface area (TPSA) is 181 Å². The van der Waals surface area contributed by atoms with Gasteiger partial charge in [0.05, 0.1) is 24.9 Å². The Morgan fingerprint density at radius 3 is 1.84 bits per heavy atom. The molecule has 4 rings (SSSR count). The van der Waals surface area contributed by atoms with E-state index in [-0.39, 0.29) is 19.4 Å². The summed E-state index contributed by atoms with van der Waals surface area (Å²) >= 11 is 0. The predicted molar refractivity (Wildman–Crippen MR) is 218 cm³/mol. The molecule has 13 nitrogen and oxygen atoms in total. The largest absolute Gasteiger partial charge is 0.453 e. The van der Waals surface area contributed by atoms with Gasteiger partial charge in [0.15, 0.2) is 0 Å². The third kappa shape index (κ3) is 14.0. The minimum absolute atomic E-state index is 0.0291. The maximum absolute atomic E-state index is 14.1. The Morgan fingerprint density at radius 1 is 0.667 bits per heavy atom. The number of hydrogen-bond acceptors (Lipinski definition) is 9. The van der Waals surface area contributed by atoms with Crippen LogP contribution in [0, 0.1) is 10.8 Å². The normalized spacial score (nSPS) is 14.2. The van der Waals surface area contributed by atoms with Crippen molar-refractivity contribution in [3.05, 3.63) is 120 Å². The summed E-state index contributed by atoms with van der Waals surface area (Å²) in [4.78, 5) is 61.8. The molecule has 0 bridgehead atoms. The zero-order valence-electron chi connectivity index (χ0n) is 33.8. The number of nitrogens with zero attached hydrogens (tertiary/aromatic N) is 2. The summed E-state index contributed by atoms with van der Waals surface area (Å²) < 4.78 is 10.2. The molecule has 0 saturated heterocycles. The van der Waals surface area contributed by atoms with E-state index in [4.69, 9.17) is 9.47 Å². The standard InChI is InChI=1S/C44H56N6O7/c1-43(2,3)37(49-41(54)56-7)39(52)47-33(24-30-18-20-32(21-19-30)34-17-11-12-23-46-34)26-36(51)35(25-29-14-9-8-10-15-29)48-40(53)38(44(4,5)6)50-42(55)57-28-31-16-13-22-45-27-31/h8-23,27,33,35-38,51H,24-26,28H2,1-7H3,(H,47,52)(H,48,53)(H,49,54)(H,50,55). The van der Waals surface area contributed by atoms with E-state index in [0.717, 1.165) is 22.4 Å². The molecule has 2 aromatic carbocycles. The van der Waals surface area contributed by atoms with Crippen LogP contribution in [0.5, 0.6) is 0 Å². The van der Waals surface area contributed by atoms with Crippen molar-refractivity contribution < 1.29 is 33.8 Å². The van der Waals surface area contributed by atoms with Crippen molar-refractivity contribution in [3.63, 3.8) is 0 Å². The van der Waals surface area contributed by atoms with Crippen molar-refractivity contribution in [1.82, 2.24) is 31.2 Å². The summed E-state index contributed by atoms with van der Waals surface area (Å²) in [6, 6.07) is 22.9. The number of carbonyl (C=O) groups excluding carboxylic acids is 4. The van der Waals surface area contributed by atoms with Crippen LogP contribution < -0.4 is 21.3 Å². The molecule has 4 aromatic rings. The highest BCUT2D eigenvalue weighted by Crippen LogP contribution is 2.24. The fourth-order valence-electron chi connectivity index (χ4n) is 6.30. The van der Waals surface area contributed by atoms with Crippen LogP contribution in [0.4, 0.5) is 9.59 Å². The molecule has 13 heteroatoms. The lowest BCUT2D eigenvalue weighted by Gasteiger charge is -2.34. The fraction of sp³-hybridized carbons (Fsp3) is 0.409. The van der Waals surface area contributed by atoms with Gasteiger partial charge in [-0.3, -0.25) is 19.6 Å². The molecule has 0 fully saturated rings. The van der Waals surface area contributed by atoms with Gasteiger partial charge in [0.1, 0.15) is 18.7 Å². The highest BCUT2D eigenvalue weighted by Gasteiger charge is 2.37. The van der Waals surface area contributed by atoms with Gasteiger partial charge in [0.25, 0.3) is 0 Å². The van der Waals surface area contributed by atoms with E-state index < -0.39 is 65.1 Å². The van der Waals surface area contributed by atoms with Gasteiger partial charge in [-0.05, 0) is 59.4 Å². The highest BCUT2D eigenvalue weighted by molar-refractivity contribution is 5.87. The van der Waals surface area contributed by atoms with Crippen LogP contribution >= 0.6 is 0 Å². The Hall–Kier alpha value is -5.82. The minimum Gasteiger partial charge on any atom is -0.453 e. The van der Waals surface area contributed by atoms with Crippen LogP contribution in [0.2, 0.25) is 0 Å². The number of alkyl carbamates (subject to hydrolysis) is 2. The Kier molecular flexibility index (Phi) is 15.7. The number of amides is 4. The van der Waals surface area contributed by atoms with Gasteiger partial charge in [0, 0.05) is 35.8 Å². The van der Waals surface area contributed by atoms with Crippen LogP contribution in [0.3, 0.4) is 0 Å². The van der Waals surface area contributed by atoms with Crippen LogP contribution in [0.1, 0.15) is 64.7 Å². The van der Waals surface area contributed by atoms with Gasteiger partial charge in [-0.1, -0.05) is 108 Å². The van der Waals surface area contributed by atoms with Gasteiger partial charge in [-0.15, -0.1) is 0 Å². The molecule has 0 aliphatic rings. The monoisotopic (exact) mass is 780 g/mol. The third-order valence-corrected chi connectivity index (χ3v) is 9.42. The number of rotatable bonds is 16. The molecular weight excluding hydrogens is 725 g/mol. The number of nitrogens with one attached hydrogen (secondary N) is 4. The molecule has 5 N–H and O–H groups in total. The molecule has 2 aromatic heterocycles. The zero-order chi connectivity index (χ0) is 41.6. The molecule has 5 unspecified atom stereocenters. The first-order valence-corrected chi connectivity index (χ1v) is 19.0. The maximum atomic E-state index is 14.1. The maximum Gasteiger partial charge on any atom is 0.408 e. The number of aliphatic hydroxyl groups is 1. The van der Waals surface area contributed by atoms with Crippen molar-refractivity contribution >= 4 is 24.0 Å². The fourth-order valence-corrected chi connectivity index (χ4v) is 6.30. The van der Waals surface area contributed by atoms with E-state index in [1.807, 2.05) is 114 Å². The van der Waals surface area contributed by atoms with E-state index in [9.17, 15) is 24.3 Å². The Balaban J connectivity index is 1.60. The summed E-state index contributed by atoms with van der Waals surface area (Å²) in [6.45, 7) is 10.9. The number of ether oxygens (including phenoxy) is 2. The van der Waals surface area contributed by atoms with Crippen molar-refractivity contribution in [1.29, 1.82) is 0 Å². The van der Waals surface area contributed by atoms with Crippen molar-refractivity contribution in [3.8, 4) is 11.3 Å². The Labute approximate surface area is 335 Å². The number of aromatic nitrogens is 2. The number of pyridine rings is 2. The summed E-state index contributed by atoms with van der Waals surface area (Å²) in [5, 5.41) is 23.5. The summed E-state index contributed by atoms with van der Waals surface area (Å²) in [5.74, 6) is -0.970. The van der Waals surface area contributed by atoms with Crippen LogP contribution in [-0.4, -0.2) is 76.5 Å². The predicted octanol–water partition coefficient (Wildman–Crippen LogP) is 5.76. The van der Waals surface area contributed by atoms with Gasteiger partial charge in [-0.25, -0.2) is 9.59 Å². The third-order valence-electron chi connectivity index (χ3n) is 9.42. The SMILES string of the molecule is COC(=O)NC(C(=O)NC(Cc1ccc(-c2ccccn2)cc1)CC(O)C(Cc1ccccc1)NC(=O)C(NC(=O)OCc1cccnc1)C(C)(C)C)C(C)(C)C. The van der Waals surface area contributed by atoms with E-state index >= 15 is 0 Å². The summed E-state index contributed by atoms with van der Waals surface area (Å²) in [7, 11) is 1.23. The van der Waals surface area contributed by atoms with Crippen molar-refractivity contribution in [2.75, 3.05) is 7.11 Å². The Morgan fingerprint density at radius 2 is 1.26 bits per heavy atom. The zero-order valence-corrected chi connectivity index (χ0v) is 33.8. The molecule has 5 atom stereocenters.